The number of hydrogen-bond donors (Lipinski definition) is 3. The minimum atomic E-state index is -1.01. The van der Waals surface area contributed by atoms with Gasteiger partial charge in [0.05, 0.1) is 120 Å². The van der Waals surface area contributed by atoms with Crippen LogP contribution in [0.25, 0.3) is 102 Å². The van der Waals surface area contributed by atoms with Crippen molar-refractivity contribution in [2.45, 2.75) is 312 Å². The molecule has 17 heteroatoms. The highest BCUT2D eigenvalue weighted by molar-refractivity contribution is 6.02. The third kappa shape index (κ3) is 31.5. The molecule has 2 aliphatic heterocycles. The molecule has 8 bridgehead atoms. The lowest BCUT2D eigenvalue weighted by molar-refractivity contribution is 0.0696. The summed E-state index contributed by atoms with van der Waals surface area (Å²) < 4.78 is 55.7. The maximum Gasteiger partial charge on any atom is 0.335 e. The molecule has 0 spiro atoms. The molecule has 4 aromatic heterocycles. The Bertz CT molecular complexity index is 5730. The van der Waals surface area contributed by atoms with Gasteiger partial charge in [0.25, 0.3) is 0 Å². The van der Waals surface area contributed by atoms with Gasteiger partial charge < -0.3 is 57.9 Å². The summed E-state index contributed by atoms with van der Waals surface area (Å²) in [4.78, 5) is 44.2. The SMILES string of the molecule is CCCCCCCCOc1cccc(OCCCCCCCC)c1-c1c2nc(c(N(c3ccc(-c4ccc(OCCCCCC)cc4OCCCCCC)cc3)c3ccc(-c4ccc(OCCCCCC)cc4OCCCCCC)cc3)c3ccc([nH]3)c(-c3c(OCCCCCCCC)cccc3OCCCCCCCC)c3nc(c(C#Cc4cnc(-c5ccc(C(=O)O)cc5)nc4)c4ccc1[nH]4)C=C3)C=C2. The van der Waals surface area contributed by atoms with E-state index in [-0.39, 0.29) is 5.56 Å². The van der Waals surface area contributed by atoms with Gasteiger partial charge in [-0.05, 0) is 196 Å². The molecule has 0 saturated carbocycles. The Balaban J connectivity index is 1.11. The monoisotopic (exact) mass is 1920 g/mol. The van der Waals surface area contributed by atoms with Crippen molar-refractivity contribution in [3.63, 3.8) is 0 Å². The molecule has 752 valence electrons. The molecule has 7 aromatic carbocycles. The number of carbonyl (C=O) groups is 1. The molecular weight excluding hydrogens is 1760 g/mol. The van der Waals surface area contributed by atoms with Crippen LogP contribution in [0, 0.1) is 11.8 Å². The summed E-state index contributed by atoms with van der Waals surface area (Å²) in [5.41, 5.74) is 17.1. The lowest BCUT2D eigenvalue weighted by Gasteiger charge is -2.27. The lowest BCUT2D eigenvalue weighted by atomic mass is 10.0. The predicted octanol–water partition coefficient (Wildman–Crippen LogP) is 35.1. The van der Waals surface area contributed by atoms with E-state index in [0.29, 0.717) is 127 Å². The summed E-state index contributed by atoms with van der Waals surface area (Å²) in [6, 6.07) is 58.3. The molecule has 17 nitrogen and oxygen atoms in total. The molecule has 13 rings (SSSR count). The number of unbranched alkanes of at least 4 members (excludes halogenated alkanes) is 32. The second-order valence-corrected chi connectivity index (χ2v) is 38.0. The van der Waals surface area contributed by atoms with Crippen LogP contribution in [0.3, 0.4) is 0 Å². The fourth-order valence-electron chi connectivity index (χ4n) is 18.5. The maximum atomic E-state index is 11.9. The van der Waals surface area contributed by atoms with Crippen molar-refractivity contribution in [2.24, 2.45) is 0 Å². The number of nitrogens with zero attached hydrogens (tertiary/aromatic N) is 5. The molecule has 0 aliphatic carbocycles. The van der Waals surface area contributed by atoms with Crippen molar-refractivity contribution in [3.05, 3.63) is 222 Å². The van der Waals surface area contributed by atoms with Crippen LogP contribution in [0.15, 0.2) is 182 Å². The van der Waals surface area contributed by atoms with Crippen LogP contribution in [0.5, 0.6) is 46.0 Å². The van der Waals surface area contributed by atoms with Gasteiger partial charge in [0.15, 0.2) is 5.82 Å². The molecule has 0 saturated heterocycles. The molecule has 6 heterocycles. The Morgan fingerprint density at radius 2 is 0.620 bits per heavy atom. The van der Waals surface area contributed by atoms with Gasteiger partial charge in [-0.2, -0.15) is 0 Å². The van der Waals surface area contributed by atoms with E-state index in [4.69, 9.17) is 57.8 Å². The smallest absolute Gasteiger partial charge is 0.335 e. The van der Waals surface area contributed by atoms with Crippen LogP contribution in [0.4, 0.5) is 17.1 Å². The molecule has 0 radical (unpaired) electrons. The van der Waals surface area contributed by atoms with Crippen molar-refractivity contribution in [2.75, 3.05) is 57.8 Å². The summed E-state index contributed by atoms with van der Waals surface area (Å²) in [7, 11) is 0. The minimum Gasteiger partial charge on any atom is -0.493 e. The van der Waals surface area contributed by atoms with Crippen molar-refractivity contribution >= 4 is 69.4 Å². The van der Waals surface area contributed by atoms with Crippen molar-refractivity contribution < 1.29 is 47.8 Å². The number of carboxylic acid groups (broad SMARTS) is 1. The van der Waals surface area contributed by atoms with E-state index in [1.54, 1.807) is 36.7 Å². The van der Waals surface area contributed by atoms with E-state index in [1.807, 2.05) is 0 Å². The van der Waals surface area contributed by atoms with Crippen LogP contribution in [-0.4, -0.2) is 93.8 Å². The molecule has 11 aromatic rings. The summed E-state index contributed by atoms with van der Waals surface area (Å²) >= 11 is 0. The third-order valence-corrected chi connectivity index (χ3v) is 26.6. The van der Waals surface area contributed by atoms with E-state index in [9.17, 15) is 9.90 Å². The number of ether oxygens (including phenoxy) is 8. The Morgan fingerprint density at radius 1 is 0.303 bits per heavy atom. The standard InChI is InChI=1S/C125H157N7O10/c1-9-17-25-33-37-45-83-137-113-51-49-52-114(138-84-46-38-34-26-18-10-2)121(113)119-107-75-73-105(128-107)104(70-55-93-91-126-124(127-92-93)96-56-58-97(59-57-96)125(133)134)106-74-76-108(129-106)120(122-115(139-85-47-39-35-27-19-11-3)53-50-54-116(122)140-86-48-40-36-28-20-12-4)110-78-80-112(131-110)123(111-79-77-109(119)130-111)132(98-64-60-94(61-65-98)102-71-68-100(135-81-41-29-21-13-5)89-117(102)141-87-43-31-23-15-7)99-66-62-95(63-67-99)103-72-69-101(136-82-42-30-22-14-6)90-118(103)142-88-44-32-24-16-8/h49-54,56-69,71-80,89-92,128,131H,9-48,81-88H2,1-8H3,(H,133,134). The number of anilines is 3. The highest BCUT2D eigenvalue weighted by atomic mass is 16.5. The van der Waals surface area contributed by atoms with E-state index in [0.717, 1.165) is 268 Å². The quantitative estimate of drug-likeness (QED) is 0.0240. The zero-order valence-corrected chi connectivity index (χ0v) is 86.4. The van der Waals surface area contributed by atoms with Gasteiger partial charge in [-0.25, -0.2) is 24.7 Å². The predicted molar refractivity (Wildman–Crippen MR) is 590 cm³/mol. The fraction of sp³-hybridized carbons (Fsp3) is 0.448. The van der Waals surface area contributed by atoms with Gasteiger partial charge in [0, 0.05) is 74.8 Å². The van der Waals surface area contributed by atoms with E-state index in [2.05, 4.69) is 252 Å². The number of hydrogen-bond acceptors (Lipinski definition) is 14. The largest absolute Gasteiger partial charge is 0.493 e. The Kier molecular flexibility index (Phi) is 44.6. The third-order valence-electron chi connectivity index (χ3n) is 26.6. The van der Waals surface area contributed by atoms with Crippen LogP contribution < -0.4 is 42.8 Å². The van der Waals surface area contributed by atoms with Crippen molar-refractivity contribution in [1.29, 1.82) is 0 Å². The van der Waals surface area contributed by atoms with Crippen LogP contribution in [-0.2, 0) is 0 Å². The van der Waals surface area contributed by atoms with Crippen LogP contribution in [0.1, 0.15) is 356 Å². The summed E-state index contributed by atoms with van der Waals surface area (Å²) in [5, 5.41) is 9.78. The average molecular weight is 1920 g/mol. The molecule has 142 heavy (non-hydrogen) atoms. The van der Waals surface area contributed by atoms with Gasteiger partial charge in [0.2, 0.25) is 0 Å². The van der Waals surface area contributed by atoms with Gasteiger partial charge in [-0.15, -0.1) is 0 Å². The molecule has 0 unspecified atom stereocenters. The number of nitrogens with one attached hydrogen (secondary N) is 2. The van der Waals surface area contributed by atoms with E-state index in [1.165, 1.54) is 89.9 Å². The number of aromatic carboxylic acids is 1. The zero-order chi connectivity index (χ0) is 98.9. The van der Waals surface area contributed by atoms with Crippen LogP contribution in [0.2, 0.25) is 0 Å². The molecule has 0 amide bonds. The Labute approximate surface area is 847 Å². The number of fused-ring (bicyclic) bond motifs is 8. The Morgan fingerprint density at radius 3 is 1.01 bits per heavy atom. The highest BCUT2D eigenvalue weighted by Gasteiger charge is 2.29. The lowest BCUT2D eigenvalue weighted by Crippen LogP contribution is -2.12. The summed E-state index contributed by atoms with van der Waals surface area (Å²) in [6.07, 6.45) is 56.0. The molecule has 3 N–H and O–H groups in total. The molecular formula is C125H157N7O10. The van der Waals surface area contributed by atoms with Gasteiger partial charge in [-0.1, -0.05) is 321 Å². The number of aromatic amines is 2. The van der Waals surface area contributed by atoms with Crippen LogP contribution >= 0.6 is 0 Å². The molecule has 0 fully saturated rings. The summed E-state index contributed by atoms with van der Waals surface area (Å²) in [5.74, 6) is 12.5. The van der Waals surface area contributed by atoms with Gasteiger partial charge in [0.1, 0.15) is 46.0 Å². The zero-order valence-electron chi connectivity index (χ0n) is 86.4. The minimum absolute atomic E-state index is 0.177. The number of carboxylic acids is 1. The van der Waals surface area contributed by atoms with Gasteiger partial charge in [-0.3, -0.25) is 0 Å². The first-order valence-corrected chi connectivity index (χ1v) is 54.5. The number of rotatable bonds is 65. The molecule has 2 aliphatic rings. The number of aromatic nitrogens is 6. The van der Waals surface area contributed by atoms with Crippen molar-refractivity contribution in [3.8, 4) is 114 Å². The number of H-pyrrole nitrogens is 2. The average Bonchev–Trinajstić information content (AvgIpc) is 1.57. The topological polar surface area (TPSA) is 198 Å². The van der Waals surface area contributed by atoms with Gasteiger partial charge >= 0.3 is 5.97 Å². The summed E-state index contributed by atoms with van der Waals surface area (Å²) in [6.45, 7) is 22.5. The first-order valence-electron chi connectivity index (χ1n) is 54.5. The second-order valence-electron chi connectivity index (χ2n) is 38.0. The first-order chi connectivity index (χ1) is 70.0. The Hall–Kier alpha value is -12.6. The fourth-order valence-corrected chi connectivity index (χ4v) is 18.5. The first kappa shape index (κ1) is 107. The molecule has 0 atom stereocenters. The van der Waals surface area contributed by atoms with Crippen molar-refractivity contribution in [1.82, 2.24) is 29.9 Å². The second kappa shape index (κ2) is 59.4. The highest BCUT2D eigenvalue weighted by Crippen LogP contribution is 2.50. The maximum absolute atomic E-state index is 11.9. The number of benzene rings is 7. The van der Waals surface area contributed by atoms with E-state index < -0.39 is 5.97 Å². The normalized spacial score (nSPS) is 11.5. The van der Waals surface area contributed by atoms with E-state index >= 15 is 0 Å².